The van der Waals surface area contributed by atoms with E-state index in [1.807, 2.05) is 32.1 Å². The smallest absolute Gasteiger partial charge is 0.311 e. The molecule has 3 aromatic rings. The first-order chi connectivity index (χ1) is 16.7. The highest BCUT2D eigenvalue weighted by Gasteiger charge is 2.62. The van der Waals surface area contributed by atoms with E-state index in [4.69, 9.17) is 32.7 Å². The van der Waals surface area contributed by atoms with E-state index in [2.05, 4.69) is 0 Å². The number of nitriles is 1. The average Bonchev–Trinajstić information content (AvgIpc) is 3.39. The van der Waals surface area contributed by atoms with E-state index in [1.165, 1.54) is 18.2 Å². The highest BCUT2D eigenvalue weighted by atomic mass is 35.5. The minimum Gasteiger partial charge on any atom is -0.454 e. The lowest BCUT2D eigenvalue weighted by Gasteiger charge is -2.14. The Hall–Kier alpha value is -3.33. The maximum Gasteiger partial charge on any atom is 0.311 e. The molecule has 3 aromatic carbocycles. The van der Waals surface area contributed by atoms with Gasteiger partial charge in [-0.05, 0) is 53.3 Å². The lowest BCUT2D eigenvalue weighted by Crippen LogP contribution is -2.14. The number of halogens is 3. The van der Waals surface area contributed by atoms with Crippen molar-refractivity contribution < 1.29 is 18.7 Å². The van der Waals surface area contributed by atoms with Gasteiger partial charge in [0.1, 0.15) is 11.8 Å². The standard InChI is InChI=1S/C28H22Cl2FNO3/c1-28(2)21(15-22(30)17-8-11-19(29)12-9-17)26(28)27(33)35-25(16-32)18-10-13-23(31)24(14-18)34-20-6-4-3-5-7-20/h3-15,21,25-26H,1-2H3. The monoisotopic (exact) mass is 509 g/mol. The van der Waals surface area contributed by atoms with Crippen molar-refractivity contribution in [2.24, 2.45) is 17.3 Å². The van der Waals surface area contributed by atoms with Crippen LogP contribution in [0.5, 0.6) is 11.5 Å². The normalized spacial score (nSPS) is 19.4. The fraction of sp³-hybridized carbons (Fsp3) is 0.214. The molecule has 0 heterocycles. The van der Waals surface area contributed by atoms with Gasteiger partial charge in [0.25, 0.3) is 0 Å². The van der Waals surface area contributed by atoms with Crippen LogP contribution in [0.15, 0.2) is 78.9 Å². The molecular formula is C28H22Cl2FNO3. The lowest BCUT2D eigenvalue weighted by atomic mass is 10.1. The second-order valence-corrected chi connectivity index (χ2v) is 9.74. The zero-order valence-corrected chi connectivity index (χ0v) is 20.6. The first-order valence-electron chi connectivity index (χ1n) is 11.0. The molecule has 0 aliphatic heterocycles. The molecule has 0 radical (unpaired) electrons. The van der Waals surface area contributed by atoms with E-state index >= 15 is 0 Å². The Morgan fingerprint density at radius 2 is 1.80 bits per heavy atom. The van der Waals surface area contributed by atoms with Gasteiger partial charge in [0.15, 0.2) is 11.6 Å². The number of benzene rings is 3. The molecular weight excluding hydrogens is 488 g/mol. The van der Waals surface area contributed by atoms with Crippen LogP contribution in [0.1, 0.15) is 31.1 Å². The second-order valence-electron chi connectivity index (χ2n) is 8.90. The van der Waals surface area contributed by atoms with Gasteiger partial charge < -0.3 is 9.47 Å². The Morgan fingerprint density at radius 1 is 1.11 bits per heavy atom. The van der Waals surface area contributed by atoms with Crippen molar-refractivity contribution in [3.8, 4) is 17.6 Å². The van der Waals surface area contributed by atoms with E-state index < -0.39 is 29.2 Å². The van der Waals surface area contributed by atoms with Crippen LogP contribution < -0.4 is 4.74 Å². The summed E-state index contributed by atoms with van der Waals surface area (Å²) in [5.74, 6) is -1.36. The van der Waals surface area contributed by atoms with Crippen molar-refractivity contribution >= 4 is 34.2 Å². The molecule has 1 aliphatic rings. The minimum atomic E-state index is -1.21. The first-order valence-corrected chi connectivity index (χ1v) is 11.7. The number of ether oxygens (including phenoxy) is 2. The number of allylic oxidation sites excluding steroid dienone is 1. The van der Waals surface area contributed by atoms with Crippen LogP contribution in [-0.4, -0.2) is 5.97 Å². The van der Waals surface area contributed by atoms with E-state index in [1.54, 1.807) is 48.5 Å². The summed E-state index contributed by atoms with van der Waals surface area (Å²) in [6.07, 6.45) is 0.621. The van der Waals surface area contributed by atoms with Crippen molar-refractivity contribution in [3.63, 3.8) is 0 Å². The van der Waals surface area contributed by atoms with Crippen molar-refractivity contribution in [1.82, 2.24) is 0 Å². The molecule has 1 fully saturated rings. The number of hydrogen-bond acceptors (Lipinski definition) is 4. The number of rotatable bonds is 7. The molecule has 0 saturated heterocycles. The van der Waals surface area contributed by atoms with E-state index in [0.717, 1.165) is 5.56 Å². The van der Waals surface area contributed by atoms with Crippen molar-refractivity contribution in [3.05, 3.63) is 101 Å². The summed E-state index contributed by atoms with van der Waals surface area (Å²) in [4.78, 5) is 13.0. The summed E-state index contributed by atoms with van der Waals surface area (Å²) < 4.78 is 25.5. The molecule has 3 atom stereocenters. The quantitative estimate of drug-likeness (QED) is 0.303. The van der Waals surface area contributed by atoms with Gasteiger partial charge in [-0.1, -0.05) is 79.5 Å². The third-order valence-electron chi connectivity index (χ3n) is 6.19. The van der Waals surface area contributed by atoms with Crippen LogP contribution in [0, 0.1) is 34.4 Å². The summed E-state index contributed by atoms with van der Waals surface area (Å²) in [5, 5.41) is 10.8. The molecule has 4 rings (SSSR count). The Morgan fingerprint density at radius 3 is 2.46 bits per heavy atom. The number of esters is 1. The SMILES string of the molecule is CC1(C)C(C=C(Cl)c2ccc(Cl)cc2)C1C(=O)OC(C#N)c1ccc(F)c(Oc2ccccc2)c1. The zero-order valence-electron chi connectivity index (χ0n) is 19.0. The van der Waals surface area contributed by atoms with Gasteiger partial charge in [0.2, 0.25) is 6.10 Å². The molecule has 0 aromatic heterocycles. The summed E-state index contributed by atoms with van der Waals surface area (Å²) in [6, 6.07) is 21.7. The van der Waals surface area contributed by atoms with Gasteiger partial charge in [-0.3, -0.25) is 4.79 Å². The lowest BCUT2D eigenvalue weighted by molar-refractivity contribution is -0.149. The third kappa shape index (κ3) is 5.51. The number of carbonyl (C=O) groups is 1. The predicted octanol–water partition coefficient (Wildman–Crippen LogP) is 7.93. The topological polar surface area (TPSA) is 59.3 Å². The summed E-state index contributed by atoms with van der Waals surface area (Å²) in [6.45, 7) is 3.88. The Bertz CT molecular complexity index is 1300. The zero-order chi connectivity index (χ0) is 25.2. The molecule has 3 unspecified atom stereocenters. The number of hydrogen-bond donors (Lipinski definition) is 0. The van der Waals surface area contributed by atoms with Crippen molar-refractivity contribution in [2.75, 3.05) is 0 Å². The maximum absolute atomic E-state index is 14.3. The number of nitrogens with zero attached hydrogens (tertiary/aromatic N) is 1. The largest absolute Gasteiger partial charge is 0.454 e. The third-order valence-corrected chi connectivity index (χ3v) is 6.79. The first kappa shape index (κ1) is 24.8. The average molecular weight is 510 g/mol. The molecule has 0 bridgehead atoms. The second kappa shape index (κ2) is 10.1. The van der Waals surface area contributed by atoms with Gasteiger partial charge in [-0.25, -0.2) is 4.39 Å². The molecule has 1 saturated carbocycles. The van der Waals surface area contributed by atoms with Crippen LogP contribution in [0.2, 0.25) is 5.02 Å². The minimum absolute atomic E-state index is 0.0627. The van der Waals surface area contributed by atoms with E-state index in [-0.39, 0.29) is 11.7 Å². The van der Waals surface area contributed by atoms with Crippen molar-refractivity contribution in [2.45, 2.75) is 20.0 Å². The molecule has 4 nitrogen and oxygen atoms in total. The Balaban J connectivity index is 1.49. The molecule has 0 amide bonds. The highest BCUT2D eigenvalue weighted by Crippen LogP contribution is 2.60. The van der Waals surface area contributed by atoms with Crippen LogP contribution in [-0.2, 0) is 9.53 Å². The van der Waals surface area contributed by atoms with Gasteiger partial charge >= 0.3 is 5.97 Å². The van der Waals surface area contributed by atoms with Gasteiger partial charge in [0, 0.05) is 15.6 Å². The summed E-state index contributed by atoms with van der Waals surface area (Å²) in [5.41, 5.74) is 0.713. The fourth-order valence-electron chi connectivity index (χ4n) is 4.04. The van der Waals surface area contributed by atoms with Crippen LogP contribution in [0.25, 0.3) is 5.03 Å². The fourth-order valence-corrected chi connectivity index (χ4v) is 4.42. The van der Waals surface area contributed by atoms with Gasteiger partial charge in [0.05, 0.1) is 5.92 Å². The van der Waals surface area contributed by atoms with Crippen LogP contribution in [0.3, 0.4) is 0 Å². The predicted molar refractivity (Wildman–Crippen MR) is 133 cm³/mol. The van der Waals surface area contributed by atoms with Gasteiger partial charge in [-0.15, -0.1) is 0 Å². The van der Waals surface area contributed by atoms with Crippen LogP contribution >= 0.6 is 23.2 Å². The summed E-state index contributed by atoms with van der Waals surface area (Å²) in [7, 11) is 0. The molecule has 7 heteroatoms. The van der Waals surface area contributed by atoms with E-state index in [9.17, 15) is 14.4 Å². The van der Waals surface area contributed by atoms with E-state index in [0.29, 0.717) is 21.4 Å². The molecule has 178 valence electrons. The van der Waals surface area contributed by atoms with Crippen LogP contribution in [0.4, 0.5) is 4.39 Å². The summed E-state index contributed by atoms with van der Waals surface area (Å²) >= 11 is 12.4. The Kier molecular flexibility index (Phi) is 7.16. The molecule has 35 heavy (non-hydrogen) atoms. The highest BCUT2D eigenvalue weighted by molar-refractivity contribution is 6.48. The van der Waals surface area contributed by atoms with Gasteiger partial charge in [-0.2, -0.15) is 5.26 Å². The number of para-hydroxylation sites is 1. The molecule has 0 N–H and O–H groups in total. The molecule has 0 spiro atoms. The molecule has 1 aliphatic carbocycles. The number of carbonyl (C=O) groups excluding carboxylic acids is 1. The maximum atomic E-state index is 14.3. The van der Waals surface area contributed by atoms with Crippen molar-refractivity contribution in [1.29, 1.82) is 5.26 Å². The Labute approximate surface area is 213 Å².